The van der Waals surface area contributed by atoms with Gasteiger partial charge >= 0.3 is 0 Å². The molecule has 330 valence electrons. The molecule has 0 bridgehead atoms. The Bertz CT molecular complexity index is 3740. The molecular formula is C63H49F2N3. The molecule has 13 rings (SSSR count). The van der Waals surface area contributed by atoms with Gasteiger partial charge in [-0.1, -0.05) is 120 Å². The third-order valence-electron chi connectivity index (χ3n) is 15.7. The van der Waals surface area contributed by atoms with E-state index >= 15 is 0 Å². The molecule has 0 amide bonds. The molecule has 0 saturated carbocycles. The van der Waals surface area contributed by atoms with Gasteiger partial charge in [0.15, 0.2) is 0 Å². The van der Waals surface area contributed by atoms with Crippen LogP contribution >= 0.6 is 0 Å². The van der Waals surface area contributed by atoms with Crippen LogP contribution in [0.15, 0.2) is 188 Å². The molecule has 3 aliphatic rings. The number of hydrogen-bond acceptors (Lipinski definition) is 2. The number of rotatable bonds is 6. The highest BCUT2D eigenvalue weighted by Gasteiger charge is 2.39. The monoisotopic (exact) mass is 885 g/mol. The molecule has 0 spiro atoms. The Morgan fingerprint density at radius 3 is 1.29 bits per heavy atom. The van der Waals surface area contributed by atoms with E-state index in [-0.39, 0.29) is 27.9 Å². The maximum absolute atomic E-state index is 14.8. The van der Waals surface area contributed by atoms with E-state index in [0.29, 0.717) is 0 Å². The summed E-state index contributed by atoms with van der Waals surface area (Å²) in [6, 6.07) is 65.0. The van der Waals surface area contributed by atoms with Crippen molar-refractivity contribution in [3.8, 4) is 27.9 Å². The minimum atomic E-state index is -0.372. The van der Waals surface area contributed by atoms with Crippen LogP contribution in [0, 0.1) is 11.6 Å². The second kappa shape index (κ2) is 14.1. The van der Waals surface area contributed by atoms with Crippen molar-refractivity contribution in [3.63, 3.8) is 0 Å². The summed E-state index contributed by atoms with van der Waals surface area (Å²) >= 11 is 0. The molecule has 68 heavy (non-hydrogen) atoms. The molecule has 2 heterocycles. The van der Waals surface area contributed by atoms with Gasteiger partial charge in [0.1, 0.15) is 11.6 Å². The second-order valence-corrected chi connectivity index (χ2v) is 20.5. The molecule has 1 aliphatic heterocycles. The van der Waals surface area contributed by atoms with Gasteiger partial charge in [-0.25, -0.2) is 8.78 Å². The SMILES string of the molecule is CC1(C)c2ccccc2-c2ccc(N(c3ccc(F)cc3)c3ccc4c(c3)c3cc(N(c5ccc(F)cc5)c5ccc6c(c5)C(C)(C)c5ccccc5-6)cc5c3n4-c3ccccc3C5(C)C)cc21. The van der Waals surface area contributed by atoms with Gasteiger partial charge < -0.3 is 14.4 Å². The third-order valence-corrected chi connectivity index (χ3v) is 15.7. The Balaban J connectivity index is 1.07. The van der Waals surface area contributed by atoms with Gasteiger partial charge in [0, 0.05) is 61.1 Å². The summed E-state index contributed by atoms with van der Waals surface area (Å²) in [6.45, 7) is 13.9. The maximum atomic E-state index is 14.8. The topological polar surface area (TPSA) is 11.4 Å². The van der Waals surface area contributed by atoms with Crippen LogP contribution in [0.1, 0.15) is 74.9 Å². The van der Waals surface area contributed by atoms with Gasteiger partial charge in [-0.2, -0.15) is 0 Å². The Morgan fingerprint density at radius 1 is 0.338 bits per heavy atom. The largest absolute Gasteiger partial charge is 0.310 e. The van der Waals surface area contributed by atoms with Gasteiger partial charge in [0.05, 0.1) is 16.7 Å². The molecule has 0 N–H and O–H groups in total. The van der Waals surface area contributed by atoms with Crippen molar-refractivity contribution in [1.29, 1.82) is 0 Å². The molecule has 0 atom stereocenters. The van der Waals surface area contributed by atoms with Crippen LogP contribution in [0.3, 0.4) is 0 Å². The Hall–Kier alpha value is -7.76. The standard InChI is InChI=1S/C63H49F2N3/c1-61(2)52-15-9-7-13-46(52)48-30-27-43(35-55(48)61)66(40-23-19-38(64)20-24-40)42-29-32-58-50(33-42)51-34-45(37-57-60(51)68(58)59-18-12-11-17-54(59)63(57,5)6)67(41-25-21-39(65)22-26-41)44-28-31-49-47-14-8-10-16-53(47)62(3,4)56(49)36-44/h7-37H,1-6H3. The first kappa shape index (κ1) is 40.5. The number of hydrogen-bond donors (Lipinski definition) is 0. The van der Waals surface area contributed by atoms with Gasteiger partial charge in [0.25, 0.3) is 0 Å². The smallest absolute Gasteiger partial charge is 0.123 e. The highest BCUT2D eigenvalue weighted by atomic mass is 19.1. The summed E-state index contributed by atoms with van der Waals surface area (Å²) in [5.41, 5.74) is 21.0. The highest BCUT2D eigenvalue weighted by Crippen LogP contribution is 2.55. The van der Waals surface area contributed by atoms with Crippen LogP contribution < -0.4 is 9.80 Å². The average Bonchev–Trinajstić information content (AvgIpc) is 3.88. The summed E-state index contributed by atoms with van der Waals surface area (Å²) in [5, 5.41) is 2.21. The van der Waals surface area contributed by atoms with Gasteiger partial charge in [-0.15, -0.1) is 0 Å². The lowest BCUT2D eigenvalue weighted by molar-refractivity contribution is 0.627. The summed E-state index contributed by atoms with van der Waals surface area (Å²) < 4.78 is 32.0. The van der Waals surface area contributed by atoms with Crippen molar-refractivity contribution in [3.05, 3.63) is 233 Å². The Morgan fingerprint density at radius 2 is 0.735 bits per heavy atom. The molecule has 0 unspecified atom stereocenters. The molecule has 9 aromatic carbocycles. The normalized spacial score (nSPS) is 15.1. The Labute approximate surface area is 396 Å². The zero-order valence-corrected chi connectivity index (χ0v) is 39.0. The van der Waals surface area contributed by atoms with Crippen molar-refractivity contribution in [1.82, 2.24) is 4.57 Å². The van der Waals surface area contributed by atoms with E-state index in [2.05, 4.69) is 195 Å². The van der Waals surface area contributed by atoms with Gasteiger partial charge in [0.2, 0.25) is 0 Å². The Kier molecular flexibility index (Phi) is 8.42. The van der Waals surface area contributed by atoms with E-state index in [0.717, 1.165) is 56.1 Å². The molecule has 0 saturated heterocycles. The first-order valence-corrected chi connectivity index (χ1v) is 23.6. The van der Waals surface area contributed by atoms with Gasteiger partial charge in [-0.3, -0.25) is 0 Å². The van der Waals surface area contributed by atoms with E-state index < -0.39 is 0 Å². The highest BCUT2D eigenvalue weighted by molar-refractivity contribution is 6.14. The van der Waals surface area contributed by atoms with Crippen molar-refractivity contribution in [2.24, 2.45) is 0 Å². The lowest BCUT2D eigenvalue weighted by Crippen LogP contribution is -2.26. The number of anilines is 6. The van der Waals surface area contributed by atoms with Crippen molar-refractivity contribution < 1.29 is 8.78 Å². The molecule has 0 radical (unpaired) electrons. The summed E-state index contributed by atoms with van der Waals surface area (Å²) in [6.07, 6.45) is 0. The number of halogens is 2. The van der Waals surface area contributed by atoms with Crippen LogP contribution in [-0.2, 0) is 16.2 Å². The van der Waals surface area contributed by atoms with Crippen LogP contribution in [0.5, 0.6) is 0 Å². The first-order valence-electron chi connectivity index (χ1n) is 23.6. The molecular weight excluding hydrogens is 837 g/mol. The maximum Gasteiger partial charge on any atom is 0.123 e. The van der Waals surface area contributed by atoms with Crippen molar-refractivity contribution in [2.75, 3.05) is 9.80 Å². The average molecular weight is 886 g/mol. The molecule has 0 fully saturated rings. The molecule has 3 nitrogen and oxygen atoms in total. The quantitative estimate of drug-likeness (QED) is 0.165. The molecule has 10 aromatic rings. The second-order valence-electron chi connectivity index (χ2n) is 20.5. The van der Waals surface area contributed by atoms with Gasteiger partial charge in [-0.05, 0) is 165 Å². The van der Waals surface area contributed by atoms with E-state index in [1.165, 1.54) is 61.2 Å². The van der Waals surface area contributed by atoms with Crippen molar-refractivity contribution >= 4 is 55.9 Å². The van der Waals surface area contributed by atoms with Crippen LogP contribution in [-0.4, -0.2) is 4.57 Å². The number of aromatic nitrogens is 1. The third kappa shape index (κ3) is 5.62. The molecule has 2 aliphatic carbocycles. The fourth-order valence-electron chi connectivity index (χ4n) is 12.2. The van der Waals surface area contributed by atoms with E-state index in [1.54, 1.807) is 24.3 Å². The van der Waals surface area contributed by atoms with Crippen LogP contribution in [0.25, 0.3) is 49.7 Å². The van der Waals surface area contributed by atoms with E-state index in [1.807, 2.05) is 24.3 Å². The lowest BCUT2D eigenvalue weighted by Gasteiger charge is -2.36. The zero-order valence-electron chi connectivity index (χ0n) is 39.0. The fourth-order valence-corrected chi connectivity index (χ4v) is 12.2. The first-order chi connectivity index (χ1) is 32.8. The van der Waals surface area contributed by atoms with Crippen LogP contribution in [0.4, 0.5) is 42.9 Å². The lowest BCUT2D eigenvalue weighted by atomic mass is 9.74. The summed E-state index contributed by atoms with van der Waals surface area (Å²) in [4.78, 5) is 4.56. The summed E-state index contributed by atoms with van der Waals surface area (Å²) in [5.74, 6) is -0.556. The minimum Gasteiger partial charge on any atom is -0.310 e. The number of para-hydroxylation sites is 1. The number of nitrogens with zero attached hydrogens (tertiary/aromatic N) is 3. The van der Waals surface area contributed by atoms with Crippen molar-refractivity contribution in [2.45, 2.75) is 57.8 Å². The predicted octanol–water partition coefficient (Wildman–Crippen LogP) is 17.3. The minimum absolute atomic E-state index is 0.203. The molecule has 5 heteroatoms. The number of benzene rings is 9. The zero-order chi connectivity index (χ0) is 46.4. The fraction of sp³-hybridized carbons (Fsp3) is 0.143. The predicted molar refractivity (Wildman–Crippen MR) is 277 cm³/mol. The van der Waals surface area contributed by atoms with E-state index in [4.69, 9.17) is 0 Å². The number of fused-ring (bicyclic) bond motifs is 11. The van der Waals surface area contributed by atoms with Crippen LogP contribution in [0.2, 0.25) is 0 Å². The van der Waals surface area contributed by atoms with E-state index in [9.17, 15) is 8.78 Å². The molecule has 1 aromatic heterocycles. The summed E-state index contributed by atoms with van der Waals surface area (Å²) in [7, 11) is 0.